The zero-order valence-corrected chi connectivity index (χ0v) is 18.6. The van der Waals surface area contributed by atoms with Gasteiger partial charge in [-0.1, -0.05) is 25.1 Å². The van der Waals surface area contributed by atoms with Crippen LogP contribution in [0.15, 0.2) is 42.5 Å². The fourth-order valence-corrected chi connectivity index (χ4v) is 4.69. The maximum absolute atomic E-state index is 13.3. The number of aromatic hydroxyl groups is 2. The molecule has 2 N–H and O–H groups in total. The summed E-state index contributed by atoms with van der Waals surface area (Å²) < 4.78 is 0. The molecule has 2 atom stereocenters. The maximum atomic E-state index is 13.3. The zero-order valence-electron chi connectivity index (χ0n) is 18.6. The van der Waals surface area contributed by atoms with Gasteiger partial charge in [0.1, 0.15) is 11.5 Å². The number of likely N-dealkylation sites (tertiary alicyclic amines) is 1. The molecule has 0 aliphatic carbocycles. The molecule has 2 aromatic rings. The summed E-state index contributed by atoms with van der Waals surface area (Å²) in [6.45, 7) is 5.77. The zero-order chi connectivity index (χ0) is 21.9. The summed E-state index contributed by atoms with van der Waals surface area (Å²) in [4.78, 5) is 17.4. The van der Waals surface area contributed by atoms with Crippen LogP contribution in [0.1, 0.15) is 49.8 Å². The molecule has 0 bridgehead atoms. The second-order valence-corrected chi connectivity index (χ2v) is 8.85. The molecule has 3 rings (SSSR count). The molecule has 1 aliphatic heterocycles. The first kappa shape index (κ1) is 22.2. The number of nitrogens with zero attached hydrogens (tertiary/aromatic N) is 2. The van der Waals surface area contributed by atoms with Crippen molar-refractivity contribution < 1.29 is 15.0 Å². The van der Waals surface area contributed by atoms with Crippen LogP contribution in [0, 0.1) is 0 Å². The van der Waals surface area contributed by atoms with Crippen molar-refractivity contribution in [2.24, 2.45) is 0 Å². The lowest BCUT2D eigenvalue weighted by Crippen LogP contribution is -2.48. The molecule has 1 unspecified atom stereocenters. The van der Waals surface area contributed by atoms with Crippen molar-refractivity contribution in [3.63, 3.8) is 0 Å². The van der Waals surface area contributed by atoms with Crippen molar-refractivity contribution in [1.82, 2.24) is 9.80 Å². The van der Waals surface area contributed by atoms with Crippen LogP contribution >= 0.6 is 0 Å². The van der Waals surface area contributed by atoms with Gasteiger partial charge >= 0.3 is 0 Å². The number of phenols is 2. The molecule has 0 aromatic heterocycles. The number of benzene rings is 2. The standard InChI is InChI=1S/C25H34N2O3/c1-5-20-8-11-22(29)14-23(20)25(12-13-26(3)18(2)15-25)16-24(30)27(4)17-19-6-9-21(28)10-7-19/h6-11,14,18,28-29H,5,12-13,15-17H2,1-4H3/t18?,25-/m1/s1. The van der Waals surface area contributed by atoms with E-state index < -0.39 is 0 Å². The fourth-order valence-electron chi connectivity index (χ4n) is 4.69. The molecule has 2 aromatic carbocycles. The van der Waals surface area contributed by atoms with E-state index in [1.165, 1.54) is 5.56 Å². The van der Waals surface area contributed by atoms with Gasteiger partial charge in [0.2, 0.25) is 5.91 Å². The van der Waals surface area contributed by atoms with Gasteiger partial charge in [0, 0.05) is 31.5 Å². The van der Waals surface area contributed by atoms with Crippen LogP contribution < -0.4 is 0 Å². The molecule has 0 radical (unpaired) electrons. The van der Waals surface area contributed by atoms with Gasteiger partial charge in [-0.05, 0) is 80.7 Å². The summed E-state index contributed by atoms with van der Waals surface area (Å²) >= 11 is 0. The highest BCUT2D eigenvalue weighted by Crippen LogP contribution is 2.44. The van der Waals surface area contributed by atoms with Gasteiger partial charge < -0.3 is 20.0 Å². The molecule has 0 saturated carbocycles. The van der Waals surface area contributed by atoms with Crippen molar-refractivity contribution in [2.75, 3.05) is 20.6 Å². The van der Waals surface area contributed by atoms with E-state index in [0.29, 0.717) is 19.0 Å². The Hall–Kier alpha value is -2.53. The molecule has 5 nitrogen and oxygen atoms in total. The Bertz CT molecular complexity index is 880. The van der Waals surface area contributed by atoms with Gasteiger partial charge in [0.15, 0.2) is 0 Å². The van der Waals surface area contributed by atoms with Crippen molar-refractivity contribution in [1.29, 1.82) is 0 Å². The van der Waals surface area contributed by atoms with Crippen LogP contribution in [0.25, 0.3) is 0 Å². The highest BCUT2D eigenvalue weighted by atomic mass is 16.3. The second kappa shape index (κ2) is 9.09. The van der Waals surface area contributed by atoms with Crippen molar-refractivity contribution in [2.45, 2.75) is 57.5 Å². The molecular formula is C25H34N2O3. The lowest BCUT2D eigenvalue weighted by atomic mass is 9.66. The van der Waals surface area contributed by atoms with E-state index in [4.69, 9.17) is 0 Å². The third-order valence-corrected chi connectivity index (χ3v) is 6.70. The Morgan fingerprint density at radius 3 is 2.47 bits per heavy atom. The van der Waals surface area contributed by atoms with Crippen LogP contribution in [0.4, 0.5) is 0 Å². The van der Waals surface area contributed by atoms with Crippen LogP contribution in [0.2, 0.25) is 0 Å². The Labute approximate surface area is 179 Å². The summed E-state index contributed by atoms with van der Waals surface area (Å²) in [5.41, 5.74) is 3.03. The smallest absolute Gasteiger partial charge is 0.223 e. The van der Waals surface area contributed by atoms with Gasteiger partial charge in [-0.15, -0.1) is 0 Å². The molecule has 1 aliphatic rings. The monoisotopic (exact) mass is 410 g/mol. The Morgan fingerprint density at radius 1 is 1.17 bits per heavy atom. The molecule has 1 amide bonds. The minimum absolute atomic E-state index is 0.102. The molecule has 162 valence electrons. The first-order chi connectivity index (χ1) is 14.2. The quantitative estimate of drug-likeness (QED) is 0.754. The number of amides is 1. The number of carbonyl (C=O) groups is 1. The van der Waals surface area contributed by atoms with Crippen LogP contribution in [-0.4, -0.2) is 52.6 Å². The second-order valence-electron chi connectivity index (χ2n) is 8.85. The minimum atomic E-state index is -0.281. The van der Waals surface area contributed by atoms with Crippen LogP contribution in [0.5, 0.6) is 11.5 Å². The SMILES string of the molecule is CCc1ccc(O)cc1[C@]1(CC(=O)N(C)Cc2ccc(O)cc2)CCN(C)C(C)C1. The Morgan fingerprint density at radius 2 is 1.83 bits per heavy atom. The maximum Gasteiger partial charge on any atom is 0.223 e. The van der Waals surface area contributed by atoms with Gasteiger partial charge in [-0.25, -0.2) is 0 Å². The first-order valence-corrected chi connectivity index (χ1v) is 10.8. The normalized spacial score (nSPS) is 22.1. The lowest BCUT2D eigenvalue weighted by molar-refractivity contribution is -0.132. The third-order valence-electron chi connectivity index (χ3n) is 6.70. The fraction of sp³-hybridized carbons (Fsp3) is 0.480. The average Bonchev–Trinajstić information content (AvgIpc) is 2.72. The number of carbonyl (C=O) groups excluding carboxylic acids is 1. The summed E-state index contributed by atoms with van der Waals surface area (Å²) in [6, 6.07) is 13.0. The highest BCUT2D eigenvalue weighted by molar-refractivity contribution is 5.78. The number of hydrogen-bond donors (Lipinski definition) is 2. The van der Waals surface area contributed by atoms with E-state index in [1.807, 2.05) is 31.3 Å². The molecule has 1 fully saturated rings. The van der Waals surface area contributed by atoms with E-state index in [2.05, 4.69) is 25.8 Å². The van der Waals surface area contributed by atoms with Crippen molar-refractivity contribution >= 4 is 5.91 Å². The largest absolute Gasteiger partial charge is 0.508 e. The molecule has 5 heteroatoms. The predicted octanol–water partition coefficient (Wildman–Crippen LogP) is 4.06. The summed E-state index contributed by atoms with van der Waals surface area (Å²) in [7, 11) is 3.97. The minimum Gasteiger partial charge on any atom is -0.508 e. The van der Waals surface area contributed by atoms with Gasteiger partial charge in [0.05, 0.1) is 0 Å². The van der Waals surface area contributed by atoms with Crippen molar-refractivity contribution in [3.05, 3.63) is 59.2 Å². The van der Waals surface area contributed by atoms with Crippen molar-refractivity contribution in [3.8, 4) is 11.5 Å². The van der Waals surface area contributed by atoms with E-state index in [-0.39, 0.29) is 22.8 Å². The van der Waals surface area contributed by atoms with Crippen LogP contribution in [-0.2, 0) is 23.2 Å². The molecule has 30 heavy (non-hydrogen) atoms. The molecule has 0 spiro atoms. The van der Waals surface area contributed by atoms with E-state index >= 15 is 0 Å². The van der Waals surface area contributed by atoms with E-state index in [9.17, 15) is 15.0 Å². The molecule has 1 heterocycles. The van der Waals surface area contributed by atoms with Gasteiger partial charge in [-0.3, -0.25) is 4.79 Å². The topological polar surface area (TPSA) is 64.0 Å². The number of hydrogen-bond acceptors (Lipinski definition) is 4. The summed E-state index contributed by atoms with van der Waals surface area (Å²) in [5.74, 6) is 0.589. The molecule has 1 saturated heterocycles. The number of aryl methyl sites for hydroxylation is 1. The third kappa shape index (κ3) is 4.78. The number of rotatable bonds is 6. The Kier molecular flexibility index (Phi) is 6.71. The first-order valence-electron chi connectivity index (χ1n) is 10.8. The number of phenolic OH excluding ortho intramolecular Hbond substituents is 2. The van der Waals surface area contributed by atoms with Gasteiger partial charge in [0.25, 0.3) is 0 Å². The average molecular weight is 411 g/mol. The molecular weight excluding hydrogens is 376 g/mol. The predicted molar refractivity (Wildman–Crippen MR) is 120 cm³/mol. The highest BCUT2D eigenvalue weighted by Gasteiger charge is 2.42. The summed E-state index contributed by atoms with van der Waals surface area (Å²) in [6.07, 6.45) is 3.08. The van der Waals surface area contributed by atoms with Crippen LogP contribution in [0.3, 0.4) is 0 Å². The summed E-state index contributed by atoms with van der Waals surface area (Å²) in [5, 5.41) is 19.7. The van der Waals surface area contributed by atoms with Gasteiger partial charge in [-0.2, -0.15) is 0 Å². The lowest BCUT2D eigenvalue weighted by Gasteiger charge is -2.46. The van der Waals surface area contributed by atoms with E-state index in [1.54, 1.807) is 23.1 Å². The Balaban J connectivity index is 1.89. The van der Waals surface area contributed by atoms with E-state index in [0.717, 1.165) is 36.9 Å². The number of piperidine rings is 1.